The lowest BCUT2D eigenvalue weighted by Crippen LogP contribution is -2.35. The van der Waals surface area contributed by atoms with Crippen LogP contribution in [0.4, 0.5) is 5.69 Å². The third-order valence-electron chi connectivity index (χ3n) is 5.95. The standard InChI is InChI=1S/C22H25NO4S/c1-28(25,26)18-7-8-19(21(24)27-16-17-5-3-2-4-6-17)20(15-18)23-13-11-22(9-10-22)12-14-23/h2-8,15H,9-14,16H2,1H3. The largest absolute Gasteiger partial charge is 0.457 e. The number of rotatable bonds is 5. The second-order valence-electron chi connectivity index (χ2n) is 8.00. The van der Waals surface area contributed by atoms with E-state index in [2.05, 4.69) is 4.90 Å². The number of sulfone groups is 1. The number of ether oxygens (including phenoxy) is 1. The lowest BCUT2D eigenvalue weighted by atomic mass is 9.93. The molecule has 0 N–H and O–H groups in total. The molecule has 2 fully saturated rings. The minimum absolute atomic E-state index is 0.191. The van der Waals surface area contributed by atoms with E-state index in [-0.39, 0.29) is 11.5 Å². The predicted octanol–water partition coefficient (Wildman–Crippen LogP) is 3.83. The van der Waals surface area contributed by atoms with Gasteiger partial charge in [0.1, 0.15) is 6.61 Å². The van der Waals surface area contributed by atoms with Crippen molar-refractivity contribution in [2.75, 3.05) is 24.2 Å². The van der Waals surface area contributed by atoms with E-state index < -0.39 is 15.8 Å². The number of carbonyl (C=O) groups is 1. The number of benzene rings is 2. The fourth-order valence-corrected chi connectivity index (χ4v) is 4.52. The zero-order valence-corrected chi connectivity index (χ0v) is 16.9. The van der Waals surface area contributed by atoms with Gasteiger partial charge in [0.05, 0.1) is 16.1 Å². The zero-order chi connectivity index (χ0) is 19.8. The molecule has 0 aromatic heterocycles. The Morgan fingerprint density at radius 3 is 2.32 bits per heavy atom. The first-order valence-electron chi connectivity index (χ1n) is 9.67. The molecule has 1 saturated carbocycles. The van der Waals surface area contributed by atoms with Crippen molar-refractivity contribution in [1.82, 2.24) is 0 Å². The molecule has 1 spiro atoms. The number of carbonyl (C=O) groups excluding carboxylic acids is 1. The van der Waals surface area contributed by atoms with Crippen LogP contribution in [0.5, 0.6) is 0 Å². The second kappa shape index (κ2) is 7.24. The molecule has 1 saturated heterocycles. The zero-order valence-electron chi connectivity index (χ0n) is 16.1. The third-order valence-corrected chi connectivity index (χ3v) is 7.06. The van der Waals surface area contributed by atoms with Gasteiger partial charge in [0, 0.05) is 19.3 Å². The first-order valence-corrected chi connectivity index (χ1v) is 11.6. The maximum atomic E-state index is 12.8. The Bertz CT molecular complexity index is 971. The topological polar surface area (TPSA) is 63.7 Å². The Kier molecular flexibility index (Phi) is 4.91. The highest BCUT2D eigenvalue weighted by Gasteiger charge is 2.44. The van der Waals surface area contributed by atoms with Crippen LogP contribution in [-0.2, 0) is 21.2 Å². The van der Waals surface area contributed by atoms with Crippen LogP contribution in [0.3, 0.4) is 0 Å². The summed E-state index contributed by atoms with van der Waals surface area (Å²) < 4.78 is 29.6. The summed E-state index contributed by atoms with van der Waals surface area (Å²) in [6.07, 6.45) is 5.95. The van der Waals surface area contributed by atoms with Crippen LogP contribution in [0.25, 0.3) is 0 Å². The van der Waals surface area contributed by atoms with Gasteiger partial charge < -0.3 is 9.64 Å². The molecule has 5 nitrogen and oxygen atoms in total. The van der Waals surface area contributed by atoms with Crippen LogP contribution in [0.1, 0.15) is 41.6 Å². The molecule has 0 radical (unpaired) electrons. The molecule has 1 aliphatic carbocycles. The maximum absolute atomic E-state index is 12.8. The van der Waals surface area contributed by atoms with Gasteiger partial charge in [-0.2, -0.15) is 0 Å². The summed E-state index contributed by atoms with van der Waals surface area (Å²) in [5.41, 5.74) is 2.50. The molecular weight excluding hydrogens is 374 g/mol. The second-order valence-corrected chi connectivity index (χ2v) is 10.0. The van der Waals surface area contributed by atoms with Crippen LogP contribution in [0.15, 0.2) is 53.4 Å². The molecule has 2 aromatic carbocycles. The lowest BCUT2D eigenvalue weighted by Gasteiger charge is -2.35. The number of hydrogen-bond acceptors (Lipinski definition) is 5. The highest BCUT2D eigenvalue weighted by Crippen LogP contribution is 2.54. The average molecular weight is 400 g/mol. The van der Waals surface area contributed by atoms with Gasteiger partial charge in [-0.05, 0) is 54.9 Å². The maximum Gasteiger partial charge on any atom is 0.340 e. The highest BCUT2D eigenvalue weighted by atomic mass is 32.2. The molecule has 1 aliphatic heterocycles. The lowest BCUT2D eigenvalue weighted by molar-refractivity contribution is 0.0473. The van der Waals surface area contributed by atoms with Gasteiger partial charge in [-0.3, -0.25) is 0 Å². The molecule has 6 heteroatoms. The summed E-state index contributed by atoms with van der Waals surface area (Å²) in [5.74, 6) is -0.425. The summed E-state index contributed by atoms with van der Waals surface area (Å²) >= 11 is 0. The monoisotopic (exact) mass is 399 g/mol. The van der Waals surface area contributed by atoms with Crippen molar-refractivity contribution in [1.29, 1.82) is 0 Å². The first-order chi connectivity index (χ1) is 13.4. The number of anilines is 1. The molecule has 148 valence electrons. The summed E-state index contributed by atoms with van der Waals surface area (Å²) in [6.45, 7) is 1.87. The van der Waals surface area contributed by atoms with Crippen LogP contribution >= 0.6 is 0 Å². The number of nitrogens with zero attached hydrogens (tertiary/aromatic N) is 1. The van der Waals surface area contributed by atoms with Gasteiger partial charge in [0.2, 0.25) is 0 Å². The van der Waals surface area contributed by atoms with Crippen molar-refractivity contribution in [3.05, 3.63) is 59.7 Å². The van der Waals surface area contributed by atoms with Crippen molar-refractivity contribution in [3.8, 4) is 0 Å². The molecule has 28 heavy (non-hydrogen) atoms. The normalized spacial score (nSPS) is 18.1. The summed E-state index contributed by atoms with van der Waals surface area (Å²) in [6, 6.07) is 14.2. The molecule has 4 rings (SSSR count). The Morgan fingerprint density at radius 1 is 1.04 bits per heavy atom. The van der Waals surface area contributed by atoms with E-state index in [0.29, 0.717) is 16.7 Å². The third kappa shape index (κ3) is 4.07. The molecule has 2 aliphatic rings. The van der Waals surface area contributed by atoms with Crippen molar-refractivity contribution in [2.45, 2.75) is 37.2 Å². The van der Waals surface area contributed by atoms with Crippen molar-refractivity contribution >= 4 is 21.5 Å². The molecule has 0 amide bonds. The molecule has 1 heterocycles. The van der Waals surface area contributed by atoms with Gasteiger partial charge >= 0.3 is 5.97 Å². The van der Waals surface area contributed by atoms with Crippen molar-refractivity contribution in [2.24, 2.45) is 5.41 Å². The number of hydrogen-bond donors (Lipinski definition) is 0. The van der Waals surface area contributed by atoms with Crippen LogP contribution in [0, 0.1) is 5.41 Å². The Morgan fingerprint density at radius 2 is 1.71 bits per heavy atom. The average Bonchev–Trinajstić information content (AvgIpc) is 3.45. The minimum Gasteiger partial charge on any atom is -0.457 e. The summed E-state index contributed by atoms with van der Waals surface area (Å²) in [5, 5.41) is 0. The molecule has 0 bridgehead atoms. The first kappa shape index (κ1) is 19.0. The van der Waals surface area contributed by atoms with Gasteiger partial charge in [-0.25, -0.2) is 13.2 Å². The SMILES string of the molecule is CS(=O)(=O)c1ccc(C(=O)OCc2ccccc2)c(N2CCC3(CC2)CC3)c1. The van der Waals surface area contributed by atoms with Gasteiger partial charge in [0.15, 0.2) is 9.84 Å². The molecule has 2 aromatic rings. The van der Waals surface area contributed by atoms with Crippen molar-refractivity contribution in [3.63, 3.8) is 0 Å². The van der Waals surface area contributed by atoms with E-state index in [1.54, 1.807) is 12.1 Å². The summed E-state index contributed by atoms with van der Waals surface area (Å²) in [7, 11) is -3.35. The van der Waals surface area contributed by atoms with Gasteiger partial charge in [0.25, 0.3) is 0 Å². The van der Waals surface area contributed by atoms with E-state index in [1.165, 1.54) is 25.2 Å². The molecular formula is C22H25NO4S. The number of esters is 1. The fourth-order valence-electron chi connectivity index (χ4n) is 3.88. The Hall–Kier alpha value is -2.34. The quantitative estimate of drug-likeness (QED) is 0.715. The van der Waals surface area contributed by atoms with E-state index in [9.17, 15) is 13.2 Å². The summed E-state index contributed by atoms with van der Waals surface area (Å²) in [4.78, 5) is 15.2. The van der Waals surface area contributed by atoms with E-state index >= 15 is 0 Å². The molecule has 0 atom stereocenters. The van der Waals surface area contributed by atoms with E-state index in [1.807, 2.05) is 30.3 Å². The van der Waals surface area contributed by atoms with E-state index in [0.717, 1.165) is 31.5 Å². The van der Waals surface area contributed by atoms with Crippen molar-refractivity contribution < 1.29 is 17.9 Å². The van der Waals surface area contributed by atoms with Crippen LogP contribution < -0.4 is 4.90 Å². The minimum atomic E-state index is -3.35. The smallest absolute Gasteiger partial charge is 0.340 e. The van der Waals surface area contributed by atoms with Gasteiger partial charge in [-0.1, -0.05) is 30.3 Å². The van der Waals surface area contributed by atoms with E-state index in [4.69, 9.17) is 4.74 Å². The Balaban J connectivity index is 1.59. The van der Waals surface area contributed by atoms with Crippen LogP contribution in [0.2, 0.25) is 0 Å². The highest BCUT2D eigenvalue weighted by molar-refractivity contribution is 7.90. The predicted molar refractivity (Wildman–Crippen MR) is 108 cm³/mol. The van der Waals surface area contributed by atoms with Gasteiger partial charge in [-0.15, -0.1) is 0 Å². The fraction of sp³-hybridized carbons (Fsp3) is 0.409. The molecule has 0 unspecified atom stereocenters. The Labute approximate surface area is 166 Å². The van der Waals surface area contributed by atoms with Crippen LogP contribution in [-0.4, -0.2) is 33.7 Å². The number of piperidine rings is 1.